The van der Waals surface area contributed by atoms with Crippen LogP contribution in [-0.2, 0) is 16.0 Å². The summed E-state index contributed by atoms with van der Waals surface area (Å²) < 4.78 is 9.68. The summed E-state index contributed by atoms with van der Waals surface area (Å²) in [7, 11) is -3.26. The van der Waals surface area contributed by atoms with Crippen molar-refractivity contribution in [2.24, 2.45) is 5.92 Å². The molecular formula is C33H34N2O3P+. The van der Waals surface area contributed by atoms with Gasteiger partial charge in [0.1, 0.15) is 5.92 Å². The number of benzene rings is 4. The molecule has 1 heterocycles. The molecule has 0 bridgehead atoms. The number of carbonyl (C=O) groups excluding carboxylic acids is 1. The van der Waals surface area contributed by atoms with E-state index in [1.165, 1.54) is 0 Å². The van der Waals surface area contributed by atoms with Crippen molar-refractivity contribution < 1.29 is 14.4 Å². The van der Waals surface area contributed by atoms with Gasteiger partial charge < -0.3 is 4.74 Å². The number of anilines is 2. The molecule has 5 rings (SSSR count). The van der Waals surface area contributed by atoms with Crippen LogP contribution < -0.4 is 9.34 Å². The summed E-state index contributed by atoms with van der Waals surface area (Å²) in [6.45, 7) is 7.76. The first-order valence-electron chi connectivity index (χ1n) is 13.3. The van der Waals surface area contributed by atoms with Crippen LogP contribution in [0.5, 0.6) is 0 Å². The molecule has 198 valence electrons. The van der Waals surface area contributed by atoms with Crippen molar-refractivity contribution in [3.8, 4) is 11.1 Å². The maximum absolute atomic E-state index is 13.6. The Bertz CT molecular complexity index is 1370. The highest BCUT2D eigenvalue weighted by atomic mass is 31.2. The molecule has 4 aromatic rings. The molecular weight excluding hydrogens is 503 g/mol. The van der Waals surface area contributed by atoms with Crippen molar-refractivity contribution in [3.05, 3.63) is 133 Å². The highest BCUT2D eigenvalue weighted by Crippen LogP contribution is 2.73. The van der Waals surface area contributed by atoms with Gasteiger partial charge in [-0.2, -0.15) is 14.2 Å². The number of rotatable bonds is 9. The Balaban J connectivity index is 1.59. The molecule has 39 heavy (non-hydrogen) atoms. The Hall–Kier alpha value is -3.92. The number of esters is 1. The molecule has 0 amide bonds. The monoisotopic (exact) mass is 537 g/mol. The van der Waals surface area contributed by atoms with Crippen LogP contribution >= 0.6 is 7.79 Å². The van der Waals surface area contributed by atoms with Crippen LogP contribution in [0, 0.1) is 5.92 Å². The lowest BCUT2D eigenvalue weighted by Gasteiger charge is -2.34. The number of ether oxygens (including phenoxy) is 1. The Morgan fingerprint density at radius 1 is 0.821 bits per heavy atom. The zero-order chi connectivity index (χ0) is 27.2. The molecule has 0 saturated carbocycles. The van der Waals surface area contributed by atoms with Crippen molar-refractivity contribution in [2.75, 3.05) is 29.0 Å². The van der Waals surface area contributed by atoms with E-state index >= 15 is 0 Å². The van der Waals surface area contributed by atoms with Crippen LogP contribution in [0.1, 0.15) is 12.5 Å². The first-order chi connectivity index (χ1) is 19.0. The fourth-order valence-electron chi connectivity index (χ4n) is 5.30. The minimum absolute atomic E-state index is 0.255. The molecule has 0 spiro atoms. The summed E-state index contributed by atoms with van der Waals surface area (Å²) >= 11 is 0. The largest absolute Gasteiger partial charge is 0.465 e. The lowest BCUT2D eigenvalue weighted by molar-refractivity contribution is -0.146. The van der Waals surface area contributed by atoms with Gasteiger partial charge in [-0.05, 0) is 54.3 Å². The van der Waals surface area contributed by atoms with Crippen LogP contribution in [0.3, 0.4) is 0 Å². The van der Waals surface area contributed by atoms with Crippen LogP contribution in [0.4, 0.5) is 11.4 Å². The third-order valence-electron chi connectivity index (χ3n) is 7.19. The van der Waals surface area contributed by atoms with E-state index in [2.05, 4.69) is 24.8 Å². The minimum atomic E-state index is -3.26. The molecule has 1 fully saturated rings. The van der Waals surface area contributed by atoms with E-state index < -0.39 is 13.7 Å². The van der Waals surface area contributed by atoms with Crippen LogP contribution in [-0.4, -0.2) is 30.6 Å². The van der Waals surface area contributed by atoms with Crippen molar-refractivity contribution in [3.63, 3.8) is 0 Å². The Labute approximate surface area is 231 Å². The van der Waals surface area contributed by atoms with Crippen LogP contribution in [0.2, 0.25) is 0 Å². The zero-order valence-corrected chi connectivity index (χ0v) is 23.1. The van der Waals surface area contributed by atoms with Gasteiger partial charge in [0.15, 0.2) is 5.31 Å². The predicted molar refractivity (Wildman–Crippen MR) is 162 cm³/mol. The van der Waals surface area contributed by atoms with Crippen molar-refractivity contribution in [2.45, 2.75) is 13.3 Å². The second kappa shape index (κ2) is 11.9. The second-order valence-corrected chi connectivity index (χ2v) is 12.2. The topological polar surface area (TPSA) is 53.0 Å². The zero-order valence-electron chi connectivity index (χ0n) is 22.2. The number of hydrogen-bond donors (Lipinski definition) is 1. The molecule has 1 atom stereocenters. The average Bonchev–Trinajstić information content (AvgIpc) is 3.35. The number of carbonyl (C=O) groups is 1. The van der Waals surface area contributed by atoms with Gasteiger partial charge in [-0.15, -0.1) is 0 Å². The van der Waals surface area contributed by atoms with Gasteiger partial charge in [0.25, 0.3) is 0 Å². The second-order valence-electron chi connectivity index (χ2n) is 9.51. The van der Waals surface area contributed by atoms with Crippen molar-refractivity contribution in [1.82, 2.24) is 0 Å². The summed E-state index contributed by atoms with van der Waals surface area (Å²) in [5.41, 5.74) is 4.94. The molecule has 1 aliphatic rings. The SMILES string of the molecule is C=C(C(Cc1ccccc1-c1ccccc1)C(=O)OCC)[P+]1(O)N(c2ccccc2)CCN1c1ccccc1. The van der Waals surface area contributed by atoms with Crippen LogP contribution in [0.15, 0.2) is 127 Å². The molecule has 0 radical (unpaired) electrons. The fourth-order valence-corrected chi connectivity index (χ4v) is 8.44. The van der Waals surface area contributed by atoms with Gasteiger partial charge in [-0.3, -0.25) is 4.79 Å². The third kappa shape index (κ3) is 5.34. The summed E-state index contributed by atoms with van der Waals surface area (Å²) in [5, 5.41) is 0.494. The lowest BCUT2D eigenvalue weighted by atomic mass is 9.92. The van der Waals surface area contributed by atoms with Gasteiger partial charge in [0.2, 0.25) is 0 Å². The molecule has 5 nitrogen and oxygen atoms in total. The Morgan fingerprint density at radius 2 is 1.31 bits per heavy atom. The molecule has 0 aromatic heterocycles. The van der Waals surface area contributed by atoms with E-state index in [1.807, 2.05) is 113 Å². The van der Waals surface area contributed by atoms with E-state index in [0.717, 1.165) is 28.1 Å². The first-order valence-corrected chi connectivity index (χ1v) is 15.0. The van der Waals surface area contributed by atoms with Gasteiger partial charge in [0, 0.05) is 0 Å². The maximum Gasteiger partial charge on any atom is 0.362 e. The number of nitrogens with zero attached hydrogens (tertiary/aromatic N) is 2. The van der Waals surface area contributed by atoms with Gasteiger partial charge in [-0.1, -0.05) is 97.6 Å². The summed E-state index contributed by atoms with van der Waals surface area (Å²) in [6.07, 6.45) is 0.371. The standard InChI is InChI=1S/C33H34N2O3P/c1-3-38-33(36)32(25-28-17-13-14-22-31(28)27-15-7-4-8-16-27)26(2)39(37)34(29-18-9-5-10-19-29)23-24-35(39)30-20-11-6-12-21-30/h4-22,32,37H,2-3,23-25H2,1H3/q+1. The minimum Gasteiger partial charge on any atom is -0.465 e. The van der Waals surface area contributed by atoms with Gasteiger partial charge >= 0.3 is 13.8 Å². The number of para-hydroxylation sites is 2. The normalized spacial score (nSPS) is 15.1. The fraction of sp³-hybridized carbons (Fsp3) is 0.182. The van der Waals surface area contributed by atoms with Crippen LogP contribution in [0.25, 0.3) is 11.1 Å². The smallest absolute Gasteiger partial charge is 0.362 e. The maximum atomic E-state index is 13.6. The Kier molecular flexibility index (Phi) is 8.11. The highest BCUT2D eigenvalue weighted by Gasteiger charge is 2.61. The van der Waals surface area contributed by atoms with E-state index in [1.54, 1.807) is 0 Å². The van der Waals surface area contributed by atoms with Gasteiger partial charge in [0.05, 0.1) is 31.1 Å². The molecule has 4 aromatic carbocycles. The van der Waals surface area contributed by atoms with Gasteiger partial charge in [-0.25, -0.2) is 0 Å². The van der Waals surface area contributed by atoms with E-state index in [4.69, 9.17) is 4.74 Å². The summed E-state index contributed by atoms with van der Waals surface area (Å²) in [5.74, 6) is -1.10. The van der Waals surface area contributed by atoms with E-state index in [-0.39, 0.29) is 12.6 Å². The molecule has 0 aliphatic carbocycles. The quantitative estimate of drug-likeness (QED) is 0.178. The average molecular weight is 538 g/mol. The first kappa shape index (κ1) is 26.7. The molecule has 1 N–H and O–H groups in total. The van der Waals surface area contributed by atoms with Crippen molar-refractivity contribution in [1.29, 1.82) is 0 Å². The number of hydrogen-bond acceptors (Lipinski definition) is 5. The lowest BCUT2D eigenvalue weighted by Crippen LogP contribution is -2.32. The molecule has 6 heteroatoms. The van der Waals surface area contributed by atoms with Crippen molar-refractivity contribution >= 4 is 25.1 Å². The molecule has 1 saturated heterocycles. The summed E-state index contributed by atoms with van der Waals surface area (Å²) in [4.78, 5) is 26.4. The summed E-state index contributed by atoms with van der Waals surface area (Å²) in [6, 6.07) is 38.0. The highest BCUT2D eigenvalue weighted by molar-refractivity contribution is 7.77. The van der Waals surface area contributed by atoms with E-state index in [9.17, 15) is 9.69 Å². The predicted octanol–water partition coefficient (Wildman–Crippen LogP) is 7.37. The third-order valence-corrected chi connectivity index (χ3v) is 10.5. The Morgan fingerprint density at radius 3 is 1.85 bits per heavy atom. The van der Waals surface area contributed by atoms with E-state index in [0.29, 0.717) is 24.8 Å². The molecule has 1 aliphatic heterocycles. The molecule has 1 unspecified atom stereocenters.